The number of nitrogens with two attached hydrogens (primary N) is 1. The third-order valence-electron chi connectivity index (χ3n) is 3.35. The Bertz CT molecular complexity index is 924. The lowest BCUT2D eigenvalue weighted by molar-refractivity contribution is 1.06. The summed E-state index contributed by atoms with van der Waals surface area (Å²) in [6.45, 7) is 0. The van der Waals surface area contributed by atoms with Gasteiger partial charge in [-0.05, 0) is 30.3 Å². The lowest BCUT2D eigenvalue weighted by Crippen LogP contribution is -1.99. The number of nitrogens with zero attached hydrogens (tertiary/aromatic N) is 4. The van der Waals surface area contributed by atoms with Crippen LogP contribution in [0, 0.1) is 0 Å². The molecule has 21 heavy (non-hydrogen) atoms. The van der Waals surface area contributed by atoms with E-state index in [0.29, 0.717) is 5.82 Å². The molecule has 4 aromatic rings. The van der Waals surface area contributed by atoms with Crippen LogP contribution in [0.5, 0.6) is 0 Å². The van der Waals surface area contributed by atoms with Crippen molar-refractivity contribution in [2.45, 2.75) is 0 Å². The van der Waals surface area contributed by atoms with E-state index in [2.05, 4.69) is 21.0 Å². The molecule has 0 aliphatic heterocycles. The van der Waals surface area contributed by atoms with Gasteiger partial charge in [0.15, 0.2) is 0 Å². The van der Waals surface area contributed by atoms with Gasteiger partial charge >= 0.3 is 0 Å². The van der Waals surface area contributed by atoms with E-state index in [1.807, 2.05) is 34.3 Å². The zero-order valence-corrected chi connectivity index (χ0v) is 11.8. The maximum Gasteiger partial charge on any atom is 0.132 e. The molecule has 0 saturated carbocycles. The molecule has 6 heteroatoms. The van der Waals surface area contributed by atoms with Gasteiger partial charge < -0.3 is 5.73 Å². The third-order valence-corrected chi connectivity index (χ3v) is 4.14. The SMILES string of the molecule is Nc1ncccc1-c1cncn1-c1ccc2ncsc2c1. The molecular formula is C15H11N5S. The summed E-state index contributed by atoms with van der Waals surface area (Å²) in [7, 11) is 0. The van der Waals surface area contributed by atoms with Crippen molar-refractivity contribution in [2.24, 2.45) is 0 Å². The first kappa shape index (κ1) is 12.0. The second-order valence-corrected chi connectivity index (χ2v) is 5.48. The van der Waals surface area contributed by atoms with Gasteiger partial charge in [-0.2, -0.15) is 0 Å². The van der Waals surface area contributed by atoms with Crippen LogP contribution in [-0.4, -0.2) is 19.5 Å². The van der Waals surface area contributed by atoms with Gasteiger partial charge in [0.2, 0.25) is 0 Å². The molecule has 4 rings (SSSR count). The second-order valence-electron chi connectivity index (χ2n) is 4.59. The maximum absolute atomic E-state index is 5.97. The van der Waals surface area contributed by atoms with Gasteiger partial charge in [0.25, 0.3) is 0 Å². The Morgan fingerprint density at radius 2 is 2.10 bits per heavy atom. The fourth-order valence-corrected chi connectivity index (χ4v) is 3.04. The number of hydrogen-bond acceptors (Lipinski definition) is 5. The minimum atomic E-state index is 0.498. The molecule has 0 atom stereocenters. The minimum Gasteiger partial charge on any atom is -0.383 e. The summed E-state index contributed by atoms with van der Waals surface area (Å²) < 4.78 is 3.15. The highest BCUT2D eigenvalue weighted by atomic mass is 32.1. The summed E-state index contributed by atoms with van der Waals surface area (Å²) >= 11 is 1.62. The van der Waals surface area contributed by atoms with Gasteiger partial charge in [0.05, 0.1) is 33.9 Å². The van der Waals surface area contributed by atoms with E-state index in [-0.39, 0.29) is 0 Å². The van der Waals surface area contributed by atoms with E-state index >= 15 is 0 Å². The number of benzene rings is 1. The van der Waals surface area contributed by atoms with Crippen LogP contribution in [-0.2, 0) is 0 Å². The predicted molar refractivity (Wildman–Crippen MR) is 84.4 cm³/mol. The zero-order valence-electron chi connectivity index (χ0n) is 11.0. The minimum absolute atomic E-state index is 0.498. The highest BCUT2D eigenvalue weighted by Gasteiger charge is 2.11. The van der Waals surface area contributed by atoms with E-state index in [0.717, 1.165) is 27.2 Å². The van der Waals surface area contributed by atoms with E-state index in [4.69, 9.17) is 5.73 Å². The lowest BCUT2D eigenvalue weighted by Gasteiger charge is -2.09. The van der Waals surface area contributed by atoms with Crippen molar-refractivity contribution in [1.82, 2.24) is 19.5 Å². The molecule has 0 unspecified atom stereocenters. The Hall–Kier alpha value is -2.73. The number of pyridine rings is 1. The number of nitrogen functional groups attached to an aromatic ring is 1. The Balaban J connectivity index is 1.90. The molecule has 1 aromatic carbocycles. The van der Waals surface area contributed by atoms with Gasteiger partial charge in [-0.3, -0.25) is 4.57 Å². The molecule has 0 radical (unpaired) electrons. The molecule has 5 nitrogen and oxygen atoms in total. The molecular weight excluding hydrogens is 282 g/mol. The first-order chi connectivity index (χ1) is 10.3. The summed E-state index contributed by atoms with van der Waals surface area (Å²) in [4.78, 5) is 12.7. The van der Waals surface area contributed by atoms with Crippen LogP contribution in [0.3, 0.4) is 0 Å². The summed E-state index contributed by atoms with van der Waals surface area (Å²) in [6.07, 6.45) is 5.26. The van der Waals surface area contributed by atoms with Crippen LogP contribution in [0.1, 0.15) is 0 Å². The van der Waals surface area contributed by atoms with E-state index in [1.165, 1.54) is 0 Å². The molecule has 0 saturated heterocycles. The lowest BCUT2D eigenvalue weighted by atomic mass is 10.2. The van der Waals surface area contributed by atoms with E-state index < -0.39 is 0 Å². The Kier molecular flexibility index (Phi) is 2.68. The smallest absolute Gasteiger partial charge is 0.132 e. The molecule has 0 fully saturated rings. The van der Waals surface area contributed by atoms with Gasteiger partial charge in [-0.25, -0.2) is 15.0 Å². The summed E-state index contributed by atoms with van der Waals surface area (Å²) in [5.74, 6) is 0.498. The van der Waals surface area contributed by atoms with Crippen molar-refractivity contribution in [3.8, 4) is 16.9 Å². The zero-order chi connectivity index (χ0) is 14.2. The molecule has 0 aliphatic carbocycles. The first-order valence-corrected chi connectivity index (χ1v) is 7.28. The van der Waals surface area contributed by atoms with Crippen molar-refractivity contribution >= 4 is 27.4 Å². The van der Waals surface area contributed by atoms with Crippen molar-refractivity contribution in [2.75, 3.05) is 5.73 Å². The second kappa shape index (κ2) is 4.68. The first-order valence-electron chi connectivity index (χ1n) is 6.40. The van der Waals surface area contributed by atoms with Gasteiger partial charge in [0, 0.05) is 17.4 Å². The summed E-state index contributed by atoms with van der Waals surface area (Å²) in [6, 6.07) is 9.96. The fraction of sp³-hybridized carbons (Fsp3) is 0. The van der Waals surface area contributed by atoms with Crippen LogP contribution in [0.2, 0.25) is 0 Å². The third kappa shape index (κ3) is 1.96. The molecule has 3 aromatic heterocycles. The summed E-state index contributed by atoms with van der Waals surface area (Å²) in [5, 5.41) is 0. The largest absolute Gasteiger partial charge is 0.383 e. The highest BCUT2D eigenvalue weighted by molar-refractivity contribution is 7.16. The Morgan fingerprint density at radius 1 is 1.14 bits per heavy atom. The number of imidazole rings is 1. The van der Waals surface area contributed by atoms with Crippen molar-refractivity contribution < 1.29 is 0 Å². The van der Waals surface area contributed by atoms with Crippen molar-refractivity contribution in [1.29, 1.82) is 0 Å². The number of anilines is 1. The van der Waals surface area contributed by atoms with E-state index in [1.54, 1.807) is 30.1 Å². The predicted octanol–water partition coefficient (Wildman–Crippen LogP) is 3.13. The standard InChI is InChI=1S/C15H11N5S/c16-15-11(2-1-5-18-15)13-7-17-8-20(13)10-3-4-12-14(6-10)21-9-19-12/h1-9H,(H2,16,18). The topological polar surface area (TPSA) is 69.6 Å². The average Bonchev–Trinajstić information content (AvgIpc) is 3.15. The van der Waals surface area contributed by atoms with Gasteiger partial charge in [-0.1, -0.05) is 0 Å². The van der Waals surface area contributed by atoms with Crippen molar-refractivity contribution in [3.63, 3.8) is 0 Å². The number of hydrogen-bond donors (Lipinski definition) is 1. The number of fused-ring (bicyclic) bond motifs is 1. The average molecular weight is 293 g/mol. The molecule has 0 spiro atoms. The van der Waals surface area contributed by atoms with Gasteiger partial charge in [0.1, 0.15) is 5.82 Å². The molecule has 2 N–H and O–H groups in total. The quantitative estimate of drug-likeness (QED) is 0.616. The van der Waals surface area contributed by atoms with Crippen LogP contribution in [0.4, 0.5) is 5.82 Å². The molecule has 0 aliphatic rings. The fourth-order valence-electron chi connectivity index (χ4n) is 2.33. The van der Waals surface area contributed by atoms with Crippen LogP contribution >= 0.6 is 11.3 Å². The Labute approximate surface area is 124 Å². The molecule has 3 heterocycles. The molecule has 0 bridgehead atoms. The number of aromatic nitrogens is 4. The number of rotatable bonds is 2. The highest BCUT2D eigenvalue weighted by Crippen LogP contribution is 2.28. The molecule has 102 valence electrons. The monoisotopic (exact) mass is 293 g/mol. The summed E-state index contributed by atoms with van der Waals surface area (Å²) in [5.41, 5.74) is 11.7. The van der Waals surface area contributed by atoms with Crippen molar-refractivity contribution in [3.05, 3.63) is 54.6 Å². The molecule has 0 amide bonds. The normalized spacial score (nSPS) is 11.0. The van der Waals surface area contributed by atoms with Crippen LogP contribution < -0.4 is 5.73 Å². The Morgan fingerprint density at radius 3 is 3.00 bits per heavy atom. The van der Waals surface area contributed by atoms with E-state index in [9.17, 15) is 0 Å². The maximum atomic E-state index is 5.97. The van der Waals surface area contributed by atoms with Gasteiger partial charge in [-0.15, -0.1) is 11.3 Å². The van der Waals surface area contributed by atoms with Crippen LogP contribution in [0.15, 0.2) is 54.6 Å². The number of thiazole rings is 1. The van der Waals surface area contributed by atoms with Crippen LogP contribution in [0.25, 0.3) is 27.2 Å².